The van der Waals surface area contributed by atoms with Gasteiger partial charge in [-0.05, 0) is 47.5 Å². The molecule has 0 bridgehead atoms. The van der Waals surface area contributed by atoms with E-state index in [1.54, 1.807) is 30.5 Å². The van der Waals surface area contributed by atoms with Gasteiger partial charge in [-0.15, -0.1) is 0 Å². The third-order valence-corrected chi connectivity index (χ3v) is 5.85. The maximum Gasteiger partial charge on any atom is 0.433 e. The molecule has 2 atom stereocenters. The number of halogens is 3. The molecule has 1 fully saturated rings. The Kier molecular flexibility index (Phi) is 5.18. The van der Waals surface area contributed by atoms with Gasteiger partial charge in [0.25, 0.3) is 0 Å². The third kappa shape index (κ3) is 4.35. The van der Waals surface area contributed by atoms with Crippen molar-refractivity contribution in [3.05, 3.63) is 66.2 Å². The Morgan fingerprint density at radius 3 is 2.10 bits per heavy atom. The Morgan fingerprint density at radius 1 is 0.966 bits per heavy atom. The van der Waals surface area contributed by atoms with E-state index in [-0.39, 0.29) is 5.92 Å². The lowest BCUT2D eigenvalue weighted by atomic mass is 10.0. The monoisotopic (exact) mass is 418 g/mol. The minimum Gasteiger partial charge on any atom is -0.772 e. The molecule has 1 aliphatic carbocycles. The Labute approximate surface area is 167 Å². The van der Waals surface area contributed by atoms with Crippen LogP contribution in [0, 0.1) is 5.92 Å². The van der Waals surface area contributed by atoms with Gasteiger partial charge in [0, 0.05) is 22.6 Å². The van der Waals surface area contributed by atoms with Crippen LogP contribution in [0.2, 0.25) is 0 Å². The van der Waals surface area contributed by atoms with E-state index in [4.69, 9.17) is 0 Å². The molecule has 1 aliphatic rings. The molecule has 9 heteroatoms. The van der Waals surface area contributed by atoms with Crippen LogP contribution in [-0.4, -0.2) is 23.7 Å². The van der Waals surface area contributed by atoms with Crippen molar-refractivity contribution >= 4 is 11.1 Å². The van der Waals surface area contributed by atoms with Crippen molar-refractivity contribution < 1.29 is 21.9 Å². The summed E-state index contributed by atoms with van der Waals surface area (Å²) in [5.41, 5.74) is 1.83. The molecule has 5 nitrogen and oxygen atoms in total. The SMILES string of the molecule is O=S([O-])C(c1ccc(-c2cncc(-c3ccc(C(F)(F)F)nc3)n2)cc1)C1CC1. The van der Waals surface area contributed by atoms with E-state index in [1.807, 2.05) is 0 Å². The van der Waals surface area contributed by atoms with Crippen LogP contribution in [0.3, 0.4) is 0 Å². The van der Waals surface area contributed by atoms with Crippen LogP contribution >= 0.6 is 0 Å². The molecule has 0 saturated heterocycles. The molecule has 2 unspecified atom stereocenters. The number of hydrogen-bond acceptors (Lipinski definition) is 5. The molecule has 0 N–H and O–H groups in total. The van der Waals surface area contributed by atoms with Crippen molar-refractivity contribution in [2.75, 3.05) is 0 Å². The van der Waals surface area contributed by atoms with Gasteiger partial charge in [-0.3, -0.25) is 14.2 Å². The Bertz CT molecular complexity index is 1040. The maximum atomic E-state index is 12.7. The molecule has 0 spiro atoms. The topological polar surface area (TPSA) is 78.8 Å². The summed E-state index contributed by atoms with van der Waals surface area (Å²) < 4.78 is 61.1. The first-order valence-electron chi connectivity index (χ1n) is 8.87. The van der Waals surface area contributed by atoms with E-state index in [2.05, 4.69) is 15.0 Å². The second-order valence-corrected chi connectivity index (χ2v) is 7.89. The number of benzene rings is 1. The lowest BCUT2D eigenvalue weighted by Gasteiger charge is -2.19. The van der Waals surface area contributed by atoms with Gasteiger partial charge >= 0.3 is 6.18 Å². The van der Waals surface area contributed by atoms with Crippen LogP contribution in [0.5, 0.6) is 0 Å². The van der Waals surface area contributed by atoms with Crippen LogP contribution in [0.4, 0.5) is 13.2 Å². The van der Waals surface area contributed by atoms with Crippen molar-refractivity contribution in [1.29, 1.82) is 0 Å². The second-order valence-electron chi connectivity index (χ2n) is 6.86. The molecule has 2 heterocycles. The van der Waals surface area contributed by atoms with E-state index in [0.29, 0.717) is 17.0 Å². The highest BCUT2D eigenvalue weighted by atomic mass is 32.2. The normalized spacial score (nSPS) is 16.4. The van der Waals surface area contributed by atoms with Crippen LogP contribution in [-0.2, 0) is 17.3 Å². The number of nitrogens with zero attached hydrogens (tertiary/aromatic N) is 3. The summed E-state index contributed by atoms with van der Waals surface area (Å²) in [4.78, 5) is 12.0. The van der Waals surface area contributed by atoms with Gasteiger partial charge in [0.1, 0.15) is 5.69 Å². The van der Waals surface area contributed by atoms with E-state index in [1.165, 1.54) is 12.3 Å². The first-order chi connectivity index (χ1) is 13.8. The summed E-state index contributed by atoms with van der Waals surface area (Å²) in [6, 6.07) is 9.28. The fraction of sp³-hybridized carbons (Fsp3) is 0.250. The molecule has 150 valence electrons. The number of alkyl halides is 3. The average Bonchev–Trinajstić information content (AvgIpc) is 3.53. The predicted octanol–water partition coefficient (Wildman–Crippen LogP) is 4.55. The van der Waals surface area contributed by atoms with Crippen molar-refractivity contribution in [2.24, 2.45) is 5.92 Å². The highest BCUT2D eigenvalue weighted by Gasteiger charge is 2.33. The summed E-state index contributed by atoms with van der Waals surface area (Å²) in [7, 11) is 0. The second kappa shape index (κ2) is 7.64. The van der Waals surface area contributed by atoms with E-state index < -0.39 is 28.2 Å². The quantitative estimate of drug-likeness (QED) is 0.568. The van der Waals surface area contributed by atoms with Crippen molar-refractivity contribution in [2.45, 2.75) is 24.3 Å². The highest BCUT2D eigenvalue weighted by molar-refractivity contribution is 7.79. The molecule has 1 aromatic carbocycles. The summed E-state index contributed by atoms with van der Waals surface area (Å²) in [5, 5.41) is -0.500. The van der Waals surface area contributed by atoms with Crippen LogP contribution in [0.1, 0.15) is 29.3 Å². The van der Waals surface area contributed by atoms with Gasteiger partial charge < -0.3 is 4.55 Å². The van der Waals surface area contributed by atoms with Crippen molar-refractivity contribution in [3.8, 4) is 22.5 Å². The lowest BCUT2D eigenvalue weighted by Crippen LogP contribution is -2.08. The molecule has 0 amide bonds. The standard InChI is InChI=1S/C20H16F3N3O2S/c21-20(22,23)18-8-7-15(9-25-18)17-11-24-10-16(26-17)12-1-3-13(4-2-12)19(29(27)28)14-5-6-14/h1-4,7-11,14,19H,5-6H2,(H,27,28)/p-1. The number of hydrogen-bond donors (Lipinski definition) is 0. The predicted molar refractivity (Wildman–Crippen MR) is 100 cm³/mol. The van der Waals surface area contributed by atoms with E-state index in [0.717, 1.165) is 36.2 Å². The molecule has 4 rings (SSSR count). The largest absolute Gasteiger partial charge is 0.772 e. The zero-order valence-corrected chi connectivity index (χ0v) is 15.8. The summed E-state index contributed by atoms with van der Waals surface area (Å²) in [6.45, 7) is 0. The minimum absolute atomic E-state index is 0.175. The van der Waals surface area contributed by atoms with Gasteiger partial charge in [0.05, 0.1) is 23.8 Å². The highest BCUT2D eigenvalue weighted by Crippen LogP contribution is 2.44. The van der Waals surface area contributed by atoms with Crippen LogP contribution < -0.4 is 0 Å². The first kappa shape index (κ1) is 19.7. The summed E-state index contributed by atoms with van der Waals surface area (Å²) in [6.07, 6.45) is 1.43. The number of aromatic nitrogens is 3. The van der Waals surface area contributed by atoms with Gasteiger partial charge in [0.15, 0.2) is 0 Å². The molecule has 0 radical (unpaired) electrons. The Balaban J connectivity index is 1.59. The molecular formula is C20H15F3N3O2S-. The fourth-order valence-corrected chi connectivity index (χ4v) is 4.11. The van der Waals surface area contributed by atoms with Gasteiger partial charge in [-0.1, -0.05) is 24.3 Å². The number of rotatable bonds is 5. The average molecular weight is 418 g/mol. The molecule has 29 heavy (non-hydrogen) atoms. The van der Waals surface area contributed by atoms with Gasteiger partial charge in [-0.2, -0.15) is 13.2 Å². The molecule has 0 aliphatic heterocycles. The van der Waals surface area contributed by atoms with E-state index >= 15 is 0 Å². The Morgan fingerprint density at radius 2 is 1.59 bits per heavy atom. The summed E-state index contributed by atoms with van der Waals surface area (Å²) >= 11 is -2.18. The first-order valence-corrected chi connectivity index (χ1v) is 10.0. The van der Waals surface area contributed by atoms with Crippen LogP contribution in [0.25, 0.3) is 22.5 Å². The maximum absolute atomic E-state index is 12.7. The molecule has 3 aromatic rings. The van der Waals surface area contributed by atoms with Crippen molar-refractivity contribution in [3.63, 3.8) is 0 Å². The van der Waals surface area contributed by atoms with Gasteiger partial charge in [0.2, 0.25) is 0 Å². The fourth-order valence-electron chi connectivity index (χ4n) is 3.14. The Hall–Kier alpha value is -2.65. The number of pyridine rings is 1. The van der Waals surface area contributed by atoms with Crippen molar-refractivity contribution in [1.82, 2.24) is 15.0 Å². The van der Waals surface area contributed by atoms with Crippen LogP contribution in [0.15, 0.2) is 55.0 Å². The zero-order valence-electron chi connectivity index (χ0n) is 15.0. The summed E-state index contributed by atoms with van der Waals surface area (Å²) in [5.74, 6) is 0.175. The zero-order chi connectivity index (χ0) is 20.6. The third-order valence-electron chi connectivity index (χ3n) is 4.78. The lowest BCUT2D eigenvalue weighted by molar-refractivity contribution is -0.141. The minimum atomic E-state index is -4.50. The van der Waals surface area contributed by atoms with Gasteiger partial charge in [-0.25, -0.2) is 4.98 Å². The smallest absolute Gasteiger partial charge is 0.433 e. The molecule has 2 aromatic heterocycles. The molecule has 1 saturated carbocycles. The molecular weight excluding hydrogens is 403 g/mol. The van der Waals surface area contributed by atoms with E-state index in [9.17, 15) is 21.9 Å².